The SMILES string of the molecule is Cc1cc(C)nc(Nc2cc(C3CCCCN3C(=O)/C=C/c3c(C)nn(C)c3C)nc(C)n2)n1. The second-order valence-corrected chi connectivity index (χ2v) is 8.91. The number of hydrogen-bond acceptors (Lipinski definition) is 7. The highest BCUT2D eigenvalue weighted by atomic mass is 16.2. The summed E-state index contributed by atoms with van der Waals surface area (Å²) in [7, 11) is 1.91. The van der Waals surface area contributed by atoms with Crippen molar-refractivity contribution in [3.05, 3.63) is 58.1 Å². The Kier molecular flexibility index (Phi) is 6.72. The van der Waals surface area contributed by atoms with E-state index in [0.717, 1.165) is 53.3 Å². The summed E-state index contributed by atoms with van der Waals surface area (Å²) in [6, 6.07) is 3.73. The number of rotatable bonds is 5. The van der Waals surface area contributed by atoms with Crippen LogP contribution in [-0.2, 0) is 11.8 Å². The van der Waals surface area contributed by atoms with E-state index in [9.17, 15) is 4.79 Å². The molecule has 1 unspecified atom stereocenters. The average Bonchev–Trinajstić information content (AvgIpc) is 3.01. The Labute approximate surface area is 200 Å². The second-order valence-electron chi connectivity index (χ2n) is 8.91. The first-order chi connectivity index (χ1) is 16.2. The van der Waals surface area contributed by atoms with E-state index in [1.807, 2.05) is 69.5 Å². The molecule has 9 nitrogen and oxygen atoms in total. The molecule has 3 aromatic rings. The fourth-order valence-electron chi connectivity index (χ4n) is 4.51. The van der Waals surface area contributed by atoms with E-state index < -0.39 is 0 Å². The molecule has 34 heavy (non-hydrogen) atoms. The van der Waals surface area contributed by atoms with Crippen LogP contribution in [0.1, 0.15) is 65.2 Å². The molecule has 1 aliphatic rings. The third-order valence-electron chi connectivity index (χ3n) is 6.16. The largest absolute Gasteiger partial charge is 0.331 e. The van der Waals surface area contributed by atoms with Crippen molar-refractivity contribution in [3.8, 4) is 0 Å². The van der Waals surface area contributed by atoms with Gasteiger partial charge in [0.1, 0.15) is 11.6 Å². The predicted molar refractivity (Wildman–Crippen MR) is 132 cm³/mol. The summed E-state index contributed by atoms with van der Waals surface area (Å²) in [6.07, 6.45) is 6.42. The molecule has 0 radical (unpaired) electrons. The van der Waals surface area contributed by atoms with Crippen LogP contribution >= 0.6 is 0 Å². The third kappa shape index (κ3) is 5.13. The van der Waals surface area contributed by atoms with E-state index in [4.69, 9.17) is 4.98 Å². The standard InChI is InChI=1S/C25H32N8O/c1-15-13-16(2)27-25(26-15)30-23-14-21(28-19(5)29-23)22-9-7-8-12-33(22)24(34)11-10-20-17(3)31-32(6)18(20)4/h10-11,13-14,22H,7-9,12H2,1-6H3,(H,26,27,28,29,30)/b11-10+. The number of aryl methyl sites for hydroxylation is 5. The Balaban J connectivity index is 1.59. The van der Waals surface area contributed by atoms with Crippen molar-refractivity contribution >= 4 is 23.7 Å². The zero-order valence-corrected chi connectivity index (χ0v) is 20.8. The van der Waals surface area contributed by atoms with E-state index >= 15 is 0 Å². The number of aromatic nitrogens is 6. The molecule has 0 bridgehead atoms. The lowest BCUT2D eigenvalue weighted by molar-refractivity contribution is -0.129. The third-order valence-corrected chi connectivity index (χ3v) is 6.16. The zero-order valence-electron chi connectivity index (χ0n) is 20.8. The minimum atomic E-state index is -0.107. The number of nitrogens with zero attached hydrogens (tertiary/aromatic N) is 7. The van der Waals surface area contributed by atoms with Crippen LogP contribution in [0.3, 0.4) is 0 Å². The minimum Gasteiger partial charge on any atom is -0.331 e. The van der Waals surface area contributed by atoms with E-state index in [1.54, 1.807) is 6.08 Å². The molecule has 178 valence electrons. The van der Waals surface area contributed by atoms with Crippen molar-refractivity contribution in [2.75, 3.05) is 11.9 Å². The summed E-state index contributed by atoms with van der Waals surface area (Å²) in [6.45, 7) is 10.4. The first-order valence-corrected chi connectivity index (χ1v) is 11.6. The van der Waals surface area contributed by atoms with Gasteiger partial charge in [0.05, 0.1) is 17.4 Å². The van der Waals surface area contributed by atoms with Gasteiger partial charge >= 0.3 is 0 Å². The summed E-state index contributed by atoms with van der Waals surface area (Å²) in [4.78, 5) is 33.3. The number of piperidine rings is 1. The van der Waals surface area contributed by atoms with Crippen molar-refractivity contribution < 1.29 is 4.79 Å². The Hall–Kier alpha value is -3.62. The zero-order chi connectivity index (χ0) is 24.4. The number of carbonyl (C=O) groups is 1. The van der Waals surface area contributed by atoms with Gasteiger partial charge in [-0.3, -0.25) is 9.48 Å². The van der Waals surface area contributed by atoms with E-state index in [-0.39, 0.29) is 11.9 Å². The first kappa shape index (κ1) is 23.5. The van der Waals surface area contributed by atoms with Crippen molar-refractivity contribution in [1.29, 1.82) is 0 Å². The van der Waals surface area contributed by atoms with Gasteiger partial charge in [0.15, 0.2) is 0 Å². The molecule has 0 spiro atoms. The van der Waals surface area contributed by atoms with Gasteiger partial charge in [-0.2, -0.15) is 5.10 Å². The summed E-state index contributed by atoms with van der Waals surface area (Å²) < 4.78 is 1.83. The molecule has 1 aliphatic heterocycles. The number of hydrogen-bond donors (Lipinski definition) is 1. The van der Waals surface area contributed by atoms with Gasteiger partial charge in [-0.1, -0.05) is 0 Å². The van der Waals surface area contributed by atoms with E-state index in [2.05, 4.69) is 25.4 Å². The van der Waals surface area contributed by atoms with Crippen molar-refractivity contribution in [2.45, 2.75) is 59.9 Å². The second kappa shape index (κ2) is 9.70. The molecule has 1 N–H and O–H groups in total. The molecule has 1 atom stereocenters. The average molecular weight is 461 g/mol. The summed E-state index contributed by atoms with van der Waals surface area (Å²) in [5.41, 5.74) is 5.53. The number of amides is 1. The van der Waals surface area contributed by atoms with Crippen LogP contribution in [0.5, 0.6) is 0 Å². The van der Waals surface area contributed by atoms with Gasteiger partial charge in [0.2, 0.25) is 11.9 Å². The molecule has 1 saturated heterocycles. The van der Waals surface area contributed by atoms with Crippen LogP contribution in [0.2, 0.25) is 0 Å². The summed E-state index contributed by atoms with van der Waals surface area (Å²) >= 11 is 0. The van der Waals surface area contributed by atoms with E-state index in [1.165, 1.54) is 0 Å². The molecular formula is C25H32N8O. The first-order valence-electron chi connectivity index (χ1n) is 11.6. The Morgan fingerprint density at radius 3 is 2.44 bits per heavy atom. The highest BCUT2D eigenvalue weighted by molar-refractivity contribution is 5.92. The molecule has 4 rings (SSSR count). The summed E-state index contributed by atoms with van der Waals surface area (Å²) in [5, 5.41) is 7.65. The molecule has 1 fully saturated rings. The van der Waals surface area contributed by atoms with E-state index in [0.29, 0.717) is 24.1 Å². The van der Waals surface area contributed by atoms with Crippen molar-refractivity contribution in [1.82, 2.24) is 34.6 Å². The van der Waals surface area contributed by atoms with Crippen LogP contribution in [0.4, 0.5) is 11.8 Å². The molecule has 0 aromatic carbocycles. The lowest BCUT2D eigenvalue weighted by Crippen LogP contribution is -2.38. The van der Waals surface area contributed by atoms with Gasteiger partial charge in [0.25, 0.3) is 0 Å². The van der Waals surface area contributed by atoms with Gasteiger partial charge < -0.3 is 10.2 Å². The highest BCUT2D eigenvalue weighted by Crippen LogP contribution is 2.31. The lowest BCUT2D eigenvalue weighted by atomic mass is 9.98. The molecule has 3 aromatic heterocycles. The Bertz CT molecular complexity index is 1230. The number of anilines is 2. The quantitative estimate of drug-likeness (QED) is 0.573. The van der Waals surface area contributed by atoms with Crippen LogP contribution in [0, 0.1) is 34.6 Å². The van der Waals surface area contributed by atoms with Crippen LogP contribution in [-0.4, -0.2) is 47.1 Å². The molecular weight excluding hydrogens is 428 g/mol. The Morgan fingerprint density at radius 1 is 1.03 bits per heavy atom. The van der Waals surface area contributed by atoms with Crippen molar-refractivity contribution in [3.63, 3.8) is 0 Å². The minimum absolute atomic E-state index is 0.0178. The highest BCUT2D eigenvalue weighted by Gasteiger charge is 2.28. The normalized spacial score (nSPS) is 16.3. The van der Waals surface area contributed by atoms with Gasteiger partial charge in [-0.25, -0.2) is 19.9 Å². The van der Waals surface area contributed by atoms with Gasteiger partial charge in [0, 0.05) is 48.4 Å². The lowest BCUT2D eigenvalue weighted by Gasteiger charge is -2.35. The van der Waals surface area contributed by atoms with Crippen LogP contribution in [0.25, 0.3) is 6.08 Å². The fraction of sp³-hybridized carbons (Fsp3) is 0.440. The topological polar surface area (TPSA) is 102 Å². The maximum absolute atomic E-state index is 13.3. The Morgan fingerprint density at radius 2 is 1.76 bits per heavy atom. The van der Waals surface area contributed by atoms with Crippen molar-refractivity contribution in [2.24, 2.45) is 7.05 Å². The molecule has 0 aliphatic carbocycles. The number of likely N-dealkylation sites (tertiary alicyclic amines) is 1. The summed E-state index contributed by atoms with van der Waals surface area (Å²) in [5.74, 6) is 1.75. The molecule has 0 saturated carbocycles. The maximum Gasteiger partial charge on any atom is 0.247 e. The monoisotopic (exact) mass is 460 g/mol. The molecule has 4 heterocycles. The fourth-order valence-corrected chi connectivity index (χ4v) is 4.51. The maximum atomic E-state index is 13.3. The predicted octanol–water partition coefficient (Wildman–Crippen LogP) is 4.05. The number of nitrogens with one attached hydrogen (secondary N) is 1. The molecule has 9 heteroatoms. The number of carbonyl (C=O) groups excluding carboxylic acids is 1. The van der Waals surface area contributed by atoms with Gasteiger partial charge in [-0.05, 0) is 66.0 Å². The van der Waals surface area contributed by atoms with Gasteiger partial charge in [-0.15, -0.1) is 0 Å². The van der Waals surface area contributed by atoms with Crippen LogP contribution in [0.15, 0.2) is 18.2 Å². The van der Waals surface area contributed by atoms with Crippen LogP contribution < -0.4 is 5.32 Å². The smallest absolute Gasteiger partial charge is 0.247 e. The molecule has 1 amide bonds.